The molecule has 2 aliphatic rings. The molecule has 2 aromatic rings. The Hall–Kier alpha value is -3.06. The number of ether oxygens (including phenoxy) is 1. The van der Waals surface area contributed by atoms with Crippen LogP contribution in [0.2, 0.25) is 0 Å². The maximum atomic E-state index is 13.0. The smallest absolute Gasteiger partial charge is 0.295 e. The molecule has 1 fully saturated rings. The minimum absolute atomic E-state index is 0.0615. The summed E-state index contributed by atoms with van der Waals surface area (Å²) in [6.07, 6.45) is 2.31. The highest BCUT2D eigenvalue weighted by Crippen LogP contribution is 2.40. The molecule has 1 saturated heterocycles. The van der Waals surface area contributed by atoms with Gasteiger partial charge < -0.3 is 24.1 Å². The Kier molecular flexibility index (Phi) is 5.87. The van der Waals surface area contributed by atoms with Gasteiger partial charge in [0.25, 0.3) is 11.7 Å². The summed E-state index contributed by atoms with van der Waals surface area (Å²) in [5.41, 5.74) is 1.53. The molecule has 0 bridgehead atoms. The van der Waals surface area contributed by atoms with Crippen LogP contribution in [0.25, 0.3) is 5.76 Å². The van der Waals surface area contributed by atoms with E-state index in [9.17, 15) is 14.7 Å². The predicted molar refractivity (Wildman–Crippen MR) is 116 cm³/mol. The number of hydrogen-bond acceptors (Lipinski definition) is 6. The maximum Gasteiger partial charge on any atom is 0.295 e. The molecular formula is C24H28N2O5. The number of likely N-dealkylation sites (tertiary alicyclic amines) is 1. The molecule has 2 aliphatic heterocycles. The molecule has 31 heavy (non-hydrogen) atoms. The van der Waals surface area contributed by atoms with E-state index in [4.69, 9.17) is 9.15 Å². The zero-order chi connectivity index (χ0) is 22.1. The first-order chi connectivity index (χ1) is 14.9. The molecule has 1 N–H and O–H groups in total. The SMILES string of the molecule is CCN(CC)CCN1C(=O)C(=O)C(=C(O)c2ccc3c(c2)C[C@H](C)O3)[C@H]1c1ccco1. The largest absolute Gasteiger partial charge is 0.507 e. The molecule has 0 aliphatic carbocycles. The number of hydrogen-bond donors (Lipinski definition) is 1. The van der Waals surface area contributed by atoms with Crippen LogP contribution in [0.3, 0.4) is 0 Å². The summed E-state index contributed by atoms with van der Waals surface area (Å²) in [4.78, 5) is 29.6. The summed E-state index contributed by atoms with van der Waals surface area (Å²) >= 11 is 0. The Morgan fingerprint density at radius 2 is 2.00 bits per heavy atom. The molecular weight excluding hydrogens is 396 g/mol. The van der Waals surface area contributed by atoms with Crippen LogP contribution in [0.4, 0.5) is 0 Å². The van der Waals surface area contributed by atoms with E-state index in [0.29, 0.717) is 24.4 Å². The summed E-state index contributed by atoms with van der Waals surface area (Å²) < 4.78 is 11.3. The zero-order valence-electron chi connectivity index (χ0n) is 18.1. The molecule has 3 heterocycles. The first kappa shape index (κ1) is 21.2. The first-order valence-electron chi connectivity index (χ1n) is 10.8. The lowest BCUT2D eigenvalue weighted by Crippen LogP contribution is -2.37. The average Bonchev–Trinajstić information content (AvgIpc) is 3.47. The number of furan rings is 1. The Morgan fingerprint density at radius 3 is 2.68 bits per heavy atom. The van der Waals surface area contributed by atoms with Crippen molar-refractivity contribution in [2.24, 2.45) is 0 Å². The fraction of sp³-hybridized carbons (Fsp3) is 0.417. The van der Waals surface area contributed by atoms with E-state index in [1.807, 2.05) is 13.0 Å². The maximum absolute atomic E-state index is 13.0. The summed E-state index contributed by atoms with van der Waals surface area (Å²) in [5.74, 6) is -0.256. The van der Waals surface area contributed by atoms with Gasteiger partial charge in [-0.15, -0.1) is 0 Å². The molecule has 164 valence electrons. The quantitative estimate of drug-likeness (QED) is 0.417. The van der Waals surface area contributed by atoms with E-state index < -0.39 is 17.7 Å². The number of carbonyl (C=O) groups excluding carboxylic acids is 2. The van der Waals surface area contributed by atoms with Gasteiger partial charge in [0, 0.05) is 25.1 Å². The van der Waals surface area contributed by atoms with Crippen molar-refractivity contribution in [1.29, 1.82) is 0 Å². The molecule has 0 spiro atoms. The van der Waals surface area contributed by atoms with Crippen molar-refractivity contribution in [2.75, 3.05) is 26.2 Å². The average molecular weight is 424 g/mol. The van der Waals surface area contributed by atoms with Gasteiger partial charge in [0.2, 0.25) is 0 Å². The summed E-state index contributed by atoms with van der Waals surface area (Å²) in [7, 11) is 0. The Morgan fingerprint density at radius 1 is 1.23 bits per heavy atom. The van der Waals surface area contributed by atoms with Gasteiger partial charge in [-0.05, 0) is 55.9 Å². The van der Waals surface area contributed by atoms with Crippen LogP contribution in [0.15, 0.2) is 46.6 Å². The number of ketones is 1. The van der Waals surface area contributed by atoms with Gasteiger partial charge in [-0.2, -0.15) is 0 Å². The zero-order valence-corrected chi connectivity index (χ0v) is 18.1. The minimum atomic E-state index is -0.756. The number of carbonyl (C=O) groups is 2. The number of rotatable bonds is 7. The second-order valence-electron chi connectivity index (χ2n) is 7.99. The Balaban J connectivity index is 1.74. The van der Waals surface area contributed by atoms with Crippen LogP contribution in [0, 0.1) is 0 Å². The van der Waals surface area contributed by atoms with E-state index in [0.717, 1.165) is 30.8 Å². The number of aliphatic hydroxyl groups is 1. The van der Waals surface area contributed by atoms with Crippen LogP contribution < -0.4 is 4.74 Å². The van der Waals surface area contributed by atoms with E-state index in [2.05, 4.69) is 18.7 Å². The van der Waals surface area contributed by atoms with Gasteiger partial charge in [0.15, 0.2) is 0 Å². The number of aliphatic hydroxyl groups excluding tert-OH is 1. The third-order valence-electron chi connectivity index (χ3n) is 6.07. The van der Waals surface area contributed by atoms with Crippen LogP contribution in [-0.2, 0) is 16.0 Å². The van der Waals surface area contributed by atoms with Crippen molar-refractivity contribution in [3.8, 4) is 5.75 Å². The minimum Gasteiger partial charge on any atom is -0.507 e. The normalized spacial score (nSPS) is 22.3. The van der Waals surface area contributed by atoms with Gasteiger partial charge in [-0.3, -0.25) is 9.59 Å². The van der Waals surface area contributed by atoms with Crippen LogP contribution in [0.5, 0.6) is 5.75 Å². The standard InChI is InChI=1S/C24H28N2O5/c1-4-25(5-2)10-11-26-21(19-7-6-12-30-19)20(23(28)24(26)29)22(27)16-8-9-18-17(14-16)13-15(3)31-18/h6-9,12,14-15,21,27H,4-5,10-11,13H2,1-3H3/t15-,21+/m0/s1. The lowest BCUT2D eigenvalue weighted by molar-refractivity contribution is -0.140. The molecule has 1 amide bonds. The van der Waals surface area contributed by atoms with E-state index in [-0.39, 0.29) is 17.4 Å². The summed E-state index contributed by atoms with van der Waals surface area (Å²) in [6, 6.07) is 8.03. The second kappa shape index (κ2) is 8.59. The summed E-state index contributed by atoms with van der Waals surface area (Å²) in [5, 5.41) is 11.1. The Bertz CT molecular complexity index is 1010. The molecule has 0 saturated carbocycles. The van der Waals surface area contributed by atoms with Gasteiger partial charge in [-0.1, -0.05) is 13.8 Å². The highest BCUT2D eigenvalue weighted by Gasteiger charge is 2.47. The van der Waals surface area contributed by atoms with Crippen molar-refractivity contribution >= 4 is 17.4 Å². The van der Waals surface area contributed by atoms with Gasteiger partial charge >= 0.3 is 0 Å². The van der Waals surface area contributed by atoms with Crippen LogP contribution >= 0.6 is 0 Å². The molecule has 7 nitrogen and oxygen atoms in total. The third kappa shape index (κ3) is 3.85. The van der Waals surface area contributed by atoms with Crippen molar-refractivity contribution in [2.45, 2.75) is 39.3 Å². The Labute approximate surface area is 181 Å². The topological polar surface area (TPSA) is 83.2 Å². The second-order valence-corrected chi connectivity index (χ2v) is 7.99. The van der Waals surface area contributed by atoms with Crippen molar-refractivity contribution < 1.29 is 23.8 Å². The highest BCUT2D eigenvalue weighted by molar-refractivity contribution is 6.46. The molecule has 7 heteroatoms. The number of amides is 1. The lowest BCUT2D eigenvalue weighted by Gasteiger charge is -2.26. The fourth-order valence-corrected chi connectivity index (χ4v) is 4.37. The van der Waals surface area contributed by atoms with Crippen molar-refractivity contribution in [3.05, 3.63) is 59.1 Å². The van der Waals surface area contributed by atoms with Crippen molar-refractivity contribution in [3.63, 3.8) is 0 Å². The van der Waals surface area contributed by atoms with Crippen LogP contribution in [-0.4, -0.2) is 58.9 Å². The molecule has 4 rings (SSSR count). The highest BCUT2D eigenvalue weighted by atomic mass is 16.5. The number of Topliss-reactive ketones (excluding diaryl/α,β-unsaturated/α-hetero) is 1. The lowest BCUT2D eigenvalue weighted by atomic mass is 9.97. The molecule has 0 radical (unpaired) electrons. The van der Waals surface area contributed by atoms with Crippen molar-refractivity contribution in [1.82, 2.24) is 9.80 Å². The van der Waals surface area contributed by atoms with E-state index in [1.54, 1.807) is 24.3 Å². The molecule has 2 atom stereocenters. The van der Waals surface area contributed by atoms with E-state index in [1.165, 1.54) is 11.2 Å². The van der Waals surface area contributed by atoms with Gasteiger partial charge in [0.1, 0.15) is 29.4 Å². The third-order valence-corrected chi connectivity index (χ3v) is 6.07. The van der Waals surface area contributed by atoms with Gasteiger partial charge in [0.05, 0.1) is 11.8 Å². The predicted octanol–water partition coefficient (Wildman–Crippen LogP) is 3.37. The summed E-state index contributed by atoms with van der Waals surface area (Å²) in [6.45, 7) is 8.79. The molecule has 1 aromatic heterocycles. The number of fused-ring (bicyclic) bond motifs is 1. The number of nitrogens with zero attached hydrogens (tertiary/aromatic N) is 2. The first-order valence-corrected chi connectivity index (χ1v) is 10.8. The fourth-order valence-electron chi connectivity index (χ4n) is 4.37. The number of likely N-dealkylation sites (N-methyl/N-ethyl adjacent to an activating group) is 1. The number of benzene rings is 1. The molecule has 1 aromatic carbocycles. The van der Waals surface area contributed by atoms with E-state index >= 15 is 0 Å². The molecule has 0 unspecified atom stereocenters. The monoisotopic (exact) mass is 424 g/mol. The van der Waals surface area contributed by atoms with Gasteiger partial charge in [-0.25, -0.2) is 0 Å². The van der Waals surface area contributed by atoms with Crippen LogP contribution in [0.1, 0.15) is 43.7 Å².